The number of nitrogens with zero attached hydrogens (tertiary/aromatic N) is 1. The smallest absolute Gasteiger partial charge is 0.250 e. The van der Waals surface area contributed by atoms with Crippen LogP contribution in [-0.4, -0.2) is 23.9 Å². The van der Waals surface area contributed by atoms with Gasteiger partial charge in [0, 0.05) is 0 Å². The van der Waals surface area contributed by atoms with E-state index in [9.17, 15) is 9.59 Å². The molecule has 5 heteroatoms. The van der Waals surface area contributed by atoms with Crippen LogP contribution < -0.4 is 10.2 Å². The van der Waals surface area contributed by atoms with Crippen molar-refractivity contribution in [3.05, 3.63) is 28.8 Å². The molecule has 114 valence electrons. The molecule has 1 N–H and O–H groups in total. The van der Waals surface area contributed by atoms with Crippen molar-refractivity contribution < 1.29 is 9.59 Å². The fraction of sp³-hybridized carbons (Fsp3) is 0.500. The Balaban J connectivity index is 2.43. The van der Waals surface area contributed by atoms with E-state index in [-0.39, 0.29) is 17.7 Å². The van der Waals surface area contributed by atoms with Gasteiger partial charge in [-0.1, -0.05) is 37.9 Å². The Morgan fingerprint density at radius 3 is 2.62 bits per heavy atom. The van der Waals surface area contributed by atoms with Crippen molar-refractivity contribution in [1.82, 2.24) is 5.32 Å². The zero-order valence-corrected chi connectivity index (χ0v) is 13.6. The Labute approximate surface area is 130 Å². The Morgan fingerprint density at radius 2 is 2.05 bits per heavy atom. The fourth-order valence-electron chi connectivity index (χ4n) is 2.55. The van der Waals surface area contributed by atoms with Crippen LogP contribution in [0.5, 0.6) is 0 Å². The van der Waals surface area contributed by atoms with Crippen molar-refractivity contribution in [3.63, 3.8) is 0 Å². The van der Waals surface area contributed by atoms with Crippen LogP contribution in [0, 0.1) is 12.8 Å². The van der Waals surface area contributed by atoms with E-state index in [1.807, 2.05) is 32.9 Å². The van der Waals surface area contributed by atoms with Gasteiger partial charge in [-0.2, -0.15) is 0 Å². The van der Waals surface area contributed by atoms with E-state index in [0.717, 1.165) is 12.0 Å². The molecule has 1 aliphatic heterocycles. The standard InChI is InChI=1S/C16H21ClN2O2/c1-5-10(3)14-16(21)19(11(4)15(20)18-14)13-7-6-9(2)8-12(13)17/h6-8,10-11,14H,5H2,1-4H3,(H,18,20). The van der Waals surface area contributed by atoms with Crippen molar-refractivity contribution in [2.75, 3.05) is 4.90 Å². The van der Waals surface area contributed by atoms with Crippen LogP contribution in [0.15, 0.2) is 18.2 Å². The molecule has 3 unspecified atom stereocenters. The highest BCUT2D eigenvalue weighted by Crippen LogP contribution is 2.31. The third-order valence-corrected chi connectivity index (χ3v) is 4.45. The highest BCUT2D eigenvalue weighted by Gasteiger charge is 2.41. The second kappa shape index (κ2) is 6.06. The van der Waals surface area contributed by atoms with Crippen molar-refractivity contribution in [1.29, 1.82) is 0 Å². The average molecular weight is 309 g/mol. The van der Waals surface area contributed by atoms with Gasteiger partial charge in [0.05, 0.1) is 10.7 Å². The maximum absolute atomic E-state index is 12.8. The lowest BCUT2D eigenvalue weighted by Gasteiger charge is -2.39. The van der Waals surface area contributed by atoms with Gasteiger partial charge >= 0.3 is 0 Å². The van der Waals surface area contributed by atoms with E-state index in [1.165, 1.54) is 4.90 Å². The number of amides is 2. The van der Waals surface area contributed by atoms with Crippen LogP contribution in [0.1, 0.15) is 32.8 Å². The van der Waals surface area contributed by atoms with Gasteiger partial charge in [0.2, 0.25) is 5.91 Å². The Bertz CT molecular complexity index is 573. The average Bonchev–Trinajstić information content (AvgIpc) is 2.44. The molecule has 0 aromatic heterocycles. The van der Waals surface area contributed by atoms with Crippen molar-refractivity contribution in [2.45, 2.75) is 46.2 Å². The number of aryl methyl sites for hydroxylation is 1. The highest BCUT2D eigenvalue weighted by atomic mass is 35.5. The molecule has 0 saturated carbocycles. The Morgan fingerprint density at radius 1 is 1.38 bits per heavy atom. The van der Waals surface area contributed by atoms with E-state index < -0.39 is 12.1 Å². The first-order valence-corrected chi connectivity index (χ1v) is 7.64. The van der Waals surface area contributed by atoms with Gasteiger partial charge in [-0.05, 0) is 37.5 Å². The van der Waals surface area contributed by atoms with Gasteiger partial charge in [0.15, 0.2) is 0 Å². The quantitative estimate of drug-likeness (QED) is 0.933. The highest BCUT2D eigenvalue weighted by molar-refractivity contribution is 6.34. The first-order chi connectivity index (χ1) is 9.86. The largest absolute Gasteiger partial charge is 0.342 e. The van der Waals surface area contributed by atoms with E-state index in [1.54, 1.807) is 13.0 Å². The number of halogens is 1. The third kappa shape index (κ3) is 2.91. The monoisotopic (exact) mass is 308 g/mol. The number of hydrogen-bond donors (Lipinski definition) is 1. The first kappa shape index (κ1) is 15.8. The normalized spacial score (nSPS) is 24.0. The minimum atomic E-state index is -0.557. The molecule has 2 amide bonds. The van der Waals surface area contributed by atoms with Gasteiger partial charge in [0.1, 0.15) is 12.1 Å². The van der Waals surface area contributed by atoms with E-state index in [2.05, 4.69) is 5.32 Å². The van der Waals surface area contributed by atoms with Crippen molar-refractivity contribution >= 4 is 29.1 Å². The lowest BCUT2D eigenvalue weighted by molar-refractivity contribution is -0.134. The molecule has 0 radical (unpaired) electrons. The predicted octanol–water partition coefficient (Wildman–Crippen LogP) is 2.91. The maximum atomic E-state index is 12.8. The molecule has 0 aliphatic carbocycles. The molecule has 21 heavy (non-hydrogen) atoms. The second-order valence-corrected chi connectivity index (χ2v) is 6.12. The van der Waals surface area contributed by atoms with E-state index >= 15 is 0 Å². The molecule has 3 atom stereocenters. The summed E-state index contributed by atoms with van der Waals surface area (Å²) in [5.74, 6) is -0.153. The summed E-state index contributed by atoms with van der Waals surface area (Å²) >= 11 is 6.28. The summed E-state index contributed by atoms with van der Waals surface area (Å²) in [4.78, 5) is 26.5. The summed E-state index contributed by atoms with van der Waals surface area (Å²) in [6.45, 7) is 7.63. The molecule has 1 saturated heterocycles. The van der Waals surface area contributed by atoms with Crippen molar-refractivity contribution in [2.24, 2.45) is 5.92 Å². The van der Waals surface area contributed by atoms with Crippen LogP contribution >= 0.6 is 11.6 Å². The summed E-state index contributed by atoms with van der Waals surface area (Å²) < 4.78 is 0. The molecule has 0 spiro atoms. The lowest BCUT2D eigenvalue weighted by Crippen LogP contribution is -2.64. The second-order valence-electron chi connectivity index (χ2n) is 5.71. The zero-order chi connectivity index (χ0) is 15.7. The molecule has 1 aromatic rings. The molecule has 0 bridgehead atoms. The summed E-state index contributed by atoms with van der Waals surface area (Å²) in [5.41, 5.74) is 1.62. The number of rotatable bonds is 3. The summed E-state index contributed by atoms with van der Waals surface area (Å²) in [6, 6.07) is 4.46. The minimum Gasteiger partial charge on any atom is -0.342 e. The number of anilines is 1. The van der Waals surface area contributed by atoms with Gasteiger partial charge in [-0.25, -0.2) is 0 Å². The first-order valence-electron chi connectivity index (χ1n) is 7.26. The molecule has 1 aromatic carbocycles. The molecule has 4 nitrogen and oxygen atoms in total. The SMILES string of the molecule is CCC(C)C1NC(=O)C(C)N(c2ccc(C)cc2Cl)C1=O. The summed E-state index contributed by atoms with van der Waals surface area (Å²) in [5, 5.41) is 3.32. The van der Waals surface area contributed by atoms with Crippen LogP contribution in [0.2, 0.25) is 5.02 Å². The van der Waals surface area contributed by atoms with Gasteiger partial charge in [-0.3, -0.25) is 14.5 Å². The molecular formula is C16H21ClN2O2. The van der Waals surface area contributed by atoms with Gasteiger partial charge in [-0.15, -0.1) is 0 Å². The molecule has 1 aliphatic rings. The summed E-state index contributed by atoms with van der Waals surface area (Å²) in [7, 11) is 0. The maximum Gasteiger partial charge on any atom is 0.250 e. The van der Waals surface area contributed by atoms with Gasteiger partial charge < -0.3 is 5.32 Å². The number of piperazine rings is 1. The number of benzene rings is 1. The number of hydrogen-bond acceptors (Lipinski definition) is 2. The third-order valence-electron chi connectivity index (χ3n) is 4.14. The summed E-state index contributed by atoms with van der Waals surface area (Å²) in [6.07, 6.45) is 0.820. The van der Waals surface area contributed by atoms with E-state index in [4.69, 9.17) is 11.6 Å². The number of carbonyl (C=O) groups excluding carboxylic acids is 2. The molecule has 1 fully saturated rings. The minimum absolute atomic E-state index is 0.0840. The van der Waals surface area contributed by atoms with Crippen LogP contribution in [0.3, 0.4) is 0 Å². The Hall–Kier alpha value is -1.55. The van der Waals surface area contributed by atoms with Crippen molar-refractivity contribution in [3.8, 4) is 0 Å². The zero-order valence-electron chi connectivity index (χ0n) is 12.8. The molecule has 2 rings (SSSR count). The predicted molar refractivity (Wildman–Crippen MR) is 84.5 cm³/mol. The fourth-order valence-corrected chi connectivity index (χ4v) is 2.88. The molecule has 1 heterocycles. The van der Waals surface area contributed by atoms with Crippen LogP contribution in [0.4, 0.5) is 5.69 Å². The Kier molecular flexibility index (Phi) is 4.57. The number of nitrogens with one attached hydrogen (secondary N) is 1. The van der Waals surface area contributed by atoms with Gasteiger partial charge in [0.25, 0.3) is 5.91 Å². The number of carbonyl (C=O) groups is 2. The topological polar surface area (TPSA) is 49.4 Å². The lowest BCUT2D eigenvalue weighted by atomic mass is 9.94. The van der Waals surface area contributed by atoms with E-state index in [0.29, 0.717) is 10.7 Å². The van der Waals surface area contributed by atoms with Crippen LogP contribution in [0.25, 0.3) is 0 Å². The molecular weight excluding hydrogens is 288 g/mol. The van der Waals surface area contributed by atoms with Crippen LogP contribution in [-0.2, 0) is 9.59 Å².